The number of aromatic amines is 1. The highest BCUT2D eigenvalue weighted by Crippen LogP contribution is 2.12. The molecule has 0 aliphatic heterocycles. The number of nitrogens with zero attached hydrogens (tertiary/aromatic N) is 1. The van der Waals surface area contributed by atoms with Gasteiger partial charge in [0.15, 0.2) is 0 Å². The zero-order valence-corrected chi connectivity index (χ0v) is 10.8. The second-order valence-corrected chi connectivity index (χ2v) is 5.36. The fourth-order valence-corrected chi connectivity index (χ4v) is 2.48. The van der Waals surface area contributed by atoms with E-state index in [1.54, 1.807) is 11.4 Å². The zero-order chi connectivity index (χ0) is 11.7. The second kappa shape index (κ2) is 4.68. The summed E-state index contributed by atoms with van der Waals surface area (Å²) in [6.45, 7) is 0.272. The van der Waals surface area contributed by atoms with E-state index in [1.165, 1.54) is 15.9 Å². The Morgan fingerprint density at radius 1 is 1.50 bits per heavy atom. The van der Waals surface area contributed by atoms with Gasteiger partial charge in [0.05, 0.1) is 5.52 Å². The number of aromatic nitrogens is 2. The van der Waals surface area contributed by atoms with Crippen molar-refractivity contribution in [3.63, 3.8) is 0 Å². The maximum atomic E-state index is 12.0. The topological polar surface area (TPSA) is 54.9 Å². The number of hydrogen-bond acceptors (Lipinski definition) is 5. The summed E-state index contributed by atoms with van der Waals surface area (Å²) < 4.78 is 1.74. The summed E-state index contributed by atoms with van der Waals surface area (Å²) in [5.74, 6) is 0.511. The summed E-state index contributed by atoms with van der Waals surface area (Å²) in [6.07, 6.45) is 0. The summed E-state index contributed by atoms with van der Waals surface area (Å²) >= 11 is 9.63. The Balaban J connectivity index is 2.60. The molecule has 0 amide bonds. The Kier molecular flexibility index (Phi) is 3.46. The van der Waals surface area contributed by atoms with Gasteiger partial charge in [0.2, 0.25) is 0 Å². The molecular formula is C9H10N2O2S3. The van der Waals surface area contributed by atoms with E-state index >= 15 is 0 Å². The standard InChI is InChI=1S/C9H10N2O2S3/c12-8-7-6(1-2-16-7)10-9(13)11(8)3-5(15)4-14/h1-2,5,14-15H,3-4H2,(H,10,13). The van der Waals surface area contributed by atoms with Crippen molar-refractivity contribution in [1.82, 2.24) is 9.55 Å². The second-order valence-electron chi connectivity index (χ2n) is 3.35. The maximum absolute atomic E-state index is 12.0. The molecule has 0 aliphatic carbocycles. The van der Waals surface area contributed by atoms with Crippen LogP contribution in [0.25, 0.3) is 10.2 Å². The molecule has 7 heteroatoms. The summed E-state index contributed by atoms with van der Waals surface area (Å²) in [7, 11) is 0. The van der Waals surface area contributed by atoms with E-state index in [-0.39, 0.29) is 17.4 Å². The smallest absolute Gasteiger partial charge is 0.306 e. The maximum Gasteiger partial charge on any atom is 0.328 e. The van der Waals surface area contributed by atoms with Crippen LogP contribution in [0.3, 0.4) is 0 Å². The third-order valence-corrected chi connectivity index (χ3v) is 4.17. The zero-order valence-electron chi connectivity index (χ0n) is 8.21. The highest BCUT2D eigenvalue weighted by Gasteiger charge is 2.11. The molecule has 0 bridgehead atoms. The number of nitrogens with one attached hydrogen (secondary N) is 1. The minimum atomic E-state index is -0.392. The fraction of sp³-hybridized carbons (Fsp3) is 0.333. The Hall–Kier alpha value is -0.660. The number of thiophene rings is 1. The Labute approximate surface area is 106 Å². The van der Waals surface area contributed by atoms with Gasteiger partial charge < -0.3 is 4.98 Å². The number of rotatable bonds is 3. The van der Waals surface area contributed by atoms with E-state index in [2.05, 4.69) is 30.2 Å². The average molecular weight is 274 g/mol. The molecule has 0 aliphatic rings. The molecule has 2 aromatic rings. The summed E-state index contributed by atoms with van der Waals surface area (Å²) in [5.41, 5.74) is -0.0517. The van der Waals surface area contributed by atoms with Crippen molar-refractivity contribution in [2.75, 3.05) is 5.75 Å². The van der Waals surface area contributed by atoms with Crippen LogP contribution in [-0.2, 0) is 6.54 Å². The summed E-state index contributed by atoms with van der Waals surface area (Å²) in [5, 5.41) is 1.67. The van der Waals surface area contributed by atoms with Crippen molar-refractivity contribution in [2.24, 2.45) is 0 Å². The molecule has 2 aromatic heterocycles. The van der Waals surface area contributed by atoms with Gasteiger partial charge in [-0.15, -0.1) is 11.3 Å². The lowest BCUT2D eigenvalue weighted by Gasteiger charge is -2.08. The van der Waals surface area contributed by atoms with Crippen LogP contribution in [0.1, 0.15) is 0 Å². The minimum Gasteiger partial charge on any atom is -0.306 e. The number of fused-ring (bicyclic) bond motifs is 1. The molecule has 4 nitrogen and oxygen atoms in total. The first kappa shape index (κ1) is 11.8. The van der Waals surface area contributed by atoms with Gasteiger partial charge in [0, 0.05) is 17.5 Å². The van der Waals surface area contributed by atoms with E-state index in [9.17, 15) is 9.59 Å². The summed E-state index contributed by atoms with van der Waals surface area (Å²) in [4.78, 5) is 26.3. The first-order valence-corrected chi connectivity index (χ1v) is 6.65. The molecule has 0 spiro atoms. The fourth-order valence-electron chi connectivity index (χ4n) is 1.41. The van der Waals surface area contributed by atoms with Crippen LogP contribution >= 0.6 is 36.6 Å². The van der Waals surface area contributed by atoms with Crippen molar-refractivity contribution in [1.29, 1.82) is 0 Å². The van der Waals surface area contributed by atoms with Crippen LogP contribution < -0.4 is 11.2 Å². The third kappa shape index (κ3) is 2.07. The van der Waals surface area contributed by atoms with Crippen LogP contribution in [-0.4, -0.2) is 20.6 Å². The molecule has 0 aromatic carbocycles. The predicted octanol–water partition coefficient (Wildman–Crippen LogP) is 0.979. The molecule has 1 atom stereocenters. The van der Waals surface area contributed by atoms with E-state index in [4.69, 9.17) is 0 Å². The molecular weight excluding hydrogens is 264 g/mol. The molecule has 16 heavy (non-hydrogen) atoms. The Morgan fingerprint density at radius 2 is 2.25 bits per heavy atom. The first-order chi connectivity index (χ1) is 7.63. The monoisotopic (exact) mass is 274 g/mol. The lowest BCUT2D eigenvalue weighted by molar-refractivity contribution is 0.640. The molecule has 0 radical (unpaired) electrons. The molecule has 1 unspecified atom stereocenters. The van der Waals surface area contributed by atoms with E-state index in [1.807, 2.05) is 0 Å². The van der Waals surface area contributed by atoms with Gasteiger partial charge >= 0.3 is 5.69 Å². The van der Waals surface area contributed by atoms with Crippen LogP contribution in [0.2, 0.25) is 0 Å². The van der Waals surface area contributed by atoms with Crippen LogP contribution in [0.4, 0.5) is 0 Å². The Morgan fingerprint density at radius 3 is 2.94 bits per heavy atom. The molecule has 0 fully saturated rings. The molecule has 0 saturated heterocycles. The number of H-pyrrole nitrogens is 1. The van der Waals surface area contributed by atoms with Crippen LogP contribution in [0.5, 0.6) is 0 Å². The van der Waals surface area contributed by atoms with Gasteiger partial charge in [0.1, 0.15) is 4.70 Å². The molecule has 2 heterocycles. The lowest BCUT2D eigenvalue weighted by atomic mass is 10.4. The van der Waals surface area contributed by atoms with Gasteiger partial charge in [0.25, 0.3) is 5.56 Å². The van der Waals surface area contributed by atoms with E-state index in [0.29, 0.717) is 16.0 Å². The minimum absolute atomic E-state index is 0.112. The molecule has 0 saturated carbocycles. The van der Waals surface area contributed by atoms with Gasteiger partial charge in [-0.3, -0.25) is 9.36 Å². The van der Waals surface area contributed by atoms with Crippen molar-refractivity contribution in [3.8, 4) is 0 Å². The SMILES string of the molecule is O=c1[nH]c2ccsc2c(=O)n1CC(S)CS. The highest BCUT2D eigenvalue weighted by molar-refractivity contribution is 7.84. The highest BCUT2D eigenvalue weighted by atomic mass is 32.1. The van der Waals surface area contributed by atoms with Gasteiger partial charge in [-0.2, -0.15) is 25.3 Å². The average Bonchev–Trinajstić information content (AvgIpc) is 2.71. The third-order valence-electron chi connectivity index (χ3n) is 2.20. The predicted molar refractivity (Wildman–Crippen MR) is 73.3 cm³/mol. The van der Waals surface area contributed by atoms with Crippen molar-refractivity contribution in [2.45, 2.75) is 11.8 Å². The molecule has 86 valence electrons. The number of hydrogen-bond donors (Lipinski definition) is 3. The number of thiol groups is 2. The van der Waals surface area contributed by atoms with Gasteiger partial charge in [-0.1, -0.05) is 0 Å². The molecule has 2 rings (SSSR count). The quantitative estimate of drug-likeness (QED) is 0.731. The van der Waals surface area contributed by atoms with E-state index < -0.39 is 5.69 Å². The van der Waals surface area contributed by atoms with Crippen molar-refractivity contribution in [3.05, 3.63) is 32.3 Å². The van der Waals surface area contributed by atoms with Crippen LogP contribution in [0.15, 0.2) is 21.0 Å². The van der Waals surface area contributed by atoms with Gasteiger partial charge in [-0.05, 0) is 11.4 Å². The lowest BCUT2D eigenvalue weighted by Crippen LogP contribution is -2.37. The van der Waals surface area contributed by atoms with E-state index in [0.717, 1.165) is 0 Å². The largest absolute Gasteiger partial charge is 0.328 e. The summed E-state index contributed by atoms with van der Waals surface area (Å²) in [6, 6.07) is 1.73. The first-order valence-electron chi connectivity index (χ1n) is 4.62. The Bertz CT molecular complexity index is 613. The van der Waals surface area contributed by atoms with Crippen molar-refractivity contribution < 1.29 is 0 Å². The normalized spacial score (nSPS) is 13.1. The van der Waals surface area contributed by atoms with Gasteiger partial charge in [-0.25, -0.2) is 4.79 Å². The van der Waals surface area contributed by atoms with Crippen molar-refractivity contribution >= 4 is 46.8 Å². The molecule has 1 N–H and O–H groups in total. The van der Waals surface area contributed by atoms with Crippen LogP contribution in [0, 0.1) is 0 Å².